The number of anilines is 1. The number of nitrogens with zero attached hydrogens (tertiary/aromatic N) is 1. The van der Waals surface area contributed by atoms with Gasteiger partial charge in [0.15, 0.2) is 5.13 Å². The summed E-state index contributed by atoms with van der Waals surface area (Å²) in [6, 6.07) is 0. The first kappa shape index (κ1) is 9.52. The Morgan fingerprint density at radius 1 is 1.42 bits per heavy atom. The molecule has 0 aromatic carbocycles. The molecule has 0 bridgehead atoms. The second-order valence-electron chi connectivity index (χ2n) is 3.02. The van der Waals surface area contributed by atoms with Gasteiger partial charge in [-0.05, 0) is 19.8 Å². The molecule has 0 aliphatic carbocycles. The predicted octanol–water partition coefficient (Wildman–Crippen LogP) is 2.77. The number of rotatable bonds is 4. The topological polar surface area (TPSA) is 38.9 Å². The lowest BCUT2D eigenvalue weighted by molar-refractivity contribution is 0.720. The lowest BCUT2D eigenvalue weighted by atomic mass is 10.2. The molecule has 12 heavy (non-hydrogen) atoms. The average Bonchev–Trinajstić information content (AvgIpc) is 2.31. The third-order valence-corrected chi connectivity index (χ3v) is 2.96. The molecule has 0 atom stereocenters. The minimum absolute atomic E-state index is 0.707. The summed E-state index contributed by atoms with van der Waals surface area (Å²) in [5.41, 5.74) is 6.71. The van der Waals surface area contributed by atoms with Crippen LogP contribution in [0.2, 0.25) is 0 Å². The van der Waals surface area contributed by atoms with Crippen molar-refractivity contribution in [1.82, 2.24) is 4.98 Å². The molecule has 68 valence electrons. The summed E-state index contributed by atoms with van der Waals surface area (Å²) < 4.78 is 0. The van der Waals surface area contributed by atoms with Crippen LogP contribution in [0.15, 0.2) is 0 Å². The molecule has 1 aromatic rings. The van der Waals surface area contributed by atoms with E-state index < -0.39 is 0 Å². The zero-order valence-corrected chi connectivity index (χ0v) is 8.58. The fraction of sp³-hybridized carbons (Fsp3) is 0.667. The van der Waals surface area contributed by atoms with Gasteiger partial charge in [0.05, 0.1) is 5.69 Å². The molecular formula is C9H16N2S. The first-order valence-electron chi connectivity index (χ1n) is 4.45. The van der Waals surface area contributed by atoms with Crippen LogP contribution in [0.5, 0.6) is 0 Å². The molecule has 1 aromatic heterocycles. The Bertz CT molecular complexity index is 243. The molecule has 0 saturated carbocycles. The molecule has 0 radical (unpaired) electrons. The molecule has 0 amide bonds. The maximum absolute atomic E-state index is 5.59. The number of thiazole rings is 1. The predicted molar refractivity (Wildman–Crippen MR) is 54.5 cm³/mol. The molecule has 3 heteroatoms. The highest BCUT2D eigenvalue weighted by molar-refractivity contribution is 7.15. The van der Waals surface area contributed by atoms with Gasteiger partial charge in [-0.2, -0.15) is 0 Å². The van der Waals surface area contributed by atoms with Crippen LogP contribution in [0.1, 0.15) is 36.8 Å². The fourth-order valence-corrected chi connectivity index (χ4v) is 2.09. The standard InChI is InChI=1S/C9H16N2S/c1-3-4-5-6-8-7(2)11-9(10)12-8/h3-6H2,1-2H3,(H2,10,11). The second-order valence-corrected chi connectivity index (χ2v) is 4.13. The van der Waals surface area contributed by atoms with E-state index in [0.29, 0.717) is 5.13 Å². The van der Waals surface area contributed by atoms with Crippen LogP contribution >= 0.6 is 11.3 Å². The van der Waals surface area contributed by atoms with Crippen molar-refractivity contribution in [2.24, 2.45) is 0 Å². The summed E-state index contributed by atoms with van der Waals surface area (Å²) in [6.07, 6.45) is 4.98. The van der Waals surface area contributed by atoms with E-state index in [4.69, 9.17) is 5.73 Å². The highest BCUT2D eigenvalue weighted by Crippen LogP contribution is 2.21. The van der Waals surface area contributed by atoms with Gasteiger partial charge in [0.25, 0.3) is 0 Å². The van der Waals surface area contributed by atoms with Crippen LogP contribution in [0.3, 0.4) is 0 Å². The molecule has 0 saturated heterocycles. The molecule has 2 nitrogen and oxygen atoms in total. The molecular weight excluding hydrogens is 168 g/mol. The van der Waals surface area contributed by atoms with Gasteiger partial charge in [-0.3, -0.25) is 0 Å². The Kier molecular flexibility index (Phi) is 3.53. The summed E-state index contributed by atoms with van der Waals surface area (Å²) in [5.74, 6) is 0. The van der Waals surface area contributed by atoms with Crippen LogP contribution < -0.4 is 5.73 Å². The van der Waals surface area contributed by atoms with E-state index in [0.717, 1.165) is 12.1 Å². The van der Waals surface area contributed by atoms with Gasteiger partial charge in [-0.15, -0.1) is 11.3 Å². The number of nitrogens with two attached hydrogens (primary N) is 1. The van der Waals surface area contributed by atoms with Crippen LogP contribution in [-0.2, 0) is 6.42 Å². The number of hydrogen-bond acceptors (Lipinski definition) is 3. The Hall–Kier alpha value is -0.570. The zero-order valence-electron chi connectivity index (χ0n) is 7.76. The molecule has 0 aliphatic heterocycles. The van der Waals surface area contributed by atoms with E-state index in [2.05, 4.69) is 11.9 Å². The maximum atomic E-state index is 5.59. The molecule has 0 unspecified atom stereocenters. The Morgan fingerprint density at radius 3 is 2.67 bits per heavy atom. The van der Waals surface area contributed by atoms with Crippen molar-refractivity contribution in [2.45, 2.75) is 39.5 Å². The van der Waals surface area contributed by atoms with Gasteiger partial charge in [0, 0.05) is 4.88 Å². The number of aryl methyl sites for hydroxylation is 2. The smallest absolute Gasteiger partial charge is 0.180 e. The van der Waals surface area contributed by atoms with Crippen LogP contribution in [0, 0.1) is 6.92 Å². The lowest BCUT2D eigenvalue weighted by Gasteiger charge is -1.95. The van der Waals surface area contributed by atoms with E-state index in [-0.39, 0.29) is 0 Å². The minimum atomic E-state index is 0.707. The van der Waals surface area contributed by atoms with Crippen molar-refractivity contribution in [3.8, 4) is 0 Å². The fourth-order valence-electron chi connectivity index (χ4n) is 1.22. The van der Waals surface area contributed by atoms with Crippen LogP contribution in [0.4, 0.5) is 5.13 Å². The van der Waals surface area contributed by atoms with E-state index in [1.807, 2.05) is 6.92 Å². The van der Waals surface area contributed by atoms with Crippen molar-refractivity contribution < 1.29 is 0 Å². The Morgan fingerprint density at radius 2 is 2.17 bits per heavy atom. The van der Waals surface area contributed by atoms with Crippen molar-refractivity contribution >= 4 is 16.5 Å². The normalized spacial score (nSPS) is 10.5. The third kappa shape index (κ3) is 2.48. The van der Waals surface area contributed by atoms with E-state index in [1.165, 1.54) is 24.1 Å². The third-order valence-electron chi connectivity index (χ3n) is 1.92. The maximum Gasteiger partial charge on any atom is 0.180 e. The molecule has 1 rings (SSSR count). The second kappa shape index (κ2) is 4.45. The summed E-state index contributed by atoms with van der Waals surface area (Å²) in [5, 5.41) is 0.707. The Labute approximate surface area is 77.8 Å². The number of nitrogen functional groups attached to an aromatic ring is 1. The highest BCUT2D eigenvalue weighted by Gasteiger charge is 2.03. The van der Waals surface area contributed by atoms with Gasteiger partial charge in [0.2, 0.25) is 0 Å². The monoisotopic (exact) mass is 184 g/mol. The quantitative estimate of drug-likeness (QED) is 0.731. The SMILES string of the molecule is CCCCCc1sc(N)nc1C. The van der Waals surface area contributed by atoms with E-state index >= 15 is 0 Å². The van der Waals surface area contributed by atoms with Crippen LogP contribution in [0.25, 0.3) is 0 Å². The Balaban J connectivity index is 2.45. The van der Waals surface area contributed by atoms with E-state index in [9.17, 15) is 0 Å². The molecule has 2 N–H and O–H groups in total. The van der Waals surface area contributed by atoms with Crippen molar-refractivity contribution in [3.05, 3.63) is 10.6 Å². The number of aromatic nitrogens is 1. The van der Waals surface area contributed by atoms with Gasteiger partial charge in [0.1, 0.15) is 0 Å². The van der Waals surface area contributed by atoms with E-state index in [1.54, 1.807) is 11.3 Å². The summed E-state index contributed by atoms with van der Waals surface area (Å²) in [6.45, 7) is 4.25. The summed E-state index contributed by atoms with van der Waals surface area (Å²) in [4.78, 5) is 5.55. The largest absolute Gasteiger partial charge is 0.375 e. The average molecular weight is 184 g/mol. The number of hydrogen-bond donors (Lipinski definition) is 1. The summed E-state index contributed by atoms with van der Waals surface area (Å²) >= 11 is 1.63. The van der Waals surface area contributed by atoms with Crippen molar-refractivity contribution in [1.29, 1.82) is 0 Å². The van der Waals surface area contributed by atoms with Crippen molar-refractivity contribution in [2.75, 3.05) is 5.73 Å². The van der Waals surface area contributed by atoms with Gasteiger partial charge < -0.3 is 5.73 Å². The minimum Gasteiger partial charge on any atom is -0.375 e. The molecule has 0 spiro atoms. The first-order chi connectivity index (χ1) is 5.74. The van der Waals surface area contributed by atoms with Gasteiger partial charge in [-0.1, -0.05) is 19.8 Å². The molecule has 0 aliphatic rings. The lowest BCUT2D eigenvalue weighted by Crippen LogP contribution is -1.84. The molecule has 1 heterocycles. The van der Waals surface area contributed by atoms with Gasteiger partial charge >= 0.3 is 0 Å². The molecule has 0 fully saturated rings. The van der Waals surface area contributed by atoms with Crippen LogP contribution in [-0.4, -0.2) is 4.98 Å². The van der Waals surface area contributed by atoms with Crippen molar-refractivity contribution in [3.63, 3.8) is 0 Å². The number of unbranched alkanes of at least 4 members (excludes halogenated alkanes) is 2. The first-order valence-corrected chi connectivity index (χ1v) is 5.27. The van der Waals surface area contributed by atoms with Gasteiger partial charge in [-0.25, -0.2) is 4.98 Å². The summed E-state index contributed by atoms with van der Waals surface area (Å²) in [7, 11) is 0. The zero-order chi connectivity index (χ0) is 8.97. The highest BCUT2D eigenvalue weighted by atomic mass is 32.1.